The highest BCUT2D eigenvalue weighted by Crippen LogP contribution is 2.33. The second kappa shape index (κ2) is 5.84. The van der Waals surface area contributed by atoms with Crippen LogP contribution in [0.5, 0.6) is 0 Å². The zero-order valence-corrected chi connectivity index (χ0v) is 13.4. The molecule has 0 aliphatic heterocycles. The average Bonchev–Trinajstić information content (AvgIpc) is 3.16. The van der Waals surface area contributed by atoms with E-state index in [1.165, 1.54) is 34.5 Å². The van der Waals surface area contributed by atoms with E-state index in [4.69, 9.17) is 4.98 Å². The van der Waals surface area contributed by atoms with Gasteiger partial charge >= 0.3 is 0 Å². The lowest BCUT2D eigenvalue weighted by Crippen LogP contribution is -2.27. The lowest BCUT2D eigenvalue weighted by atomic mass is 10.0. The van der Waals surface area contributed by atoms with Gasteiger partial charge in [-0.1, -0.05) is 24.3 Å². The molecule has 0 unspecified atom stereocenters. The van der Waals surface area contributed by atoms with Crippen LogP contribution in [-0.4, -0.2) is 10.9 Å². The summed E-state index contributed by atoms with van der Waals surface area (Å²) in [6.07, 6.45) is 6.74. The molecule has 0 saturated heterocycles. The summed E-state index contributed by atoms with van der Waals surface area (Å²) in [7, 11) is 0. The van der Waals surface area contributed by atoms with Crippen LogP contribution in [0.1, 0.15) is 51.9 Å². The van der Waals surface area contributed by atoms with Gasteiger partial charge in [-0.2, -0.15) is 0 Å². The van der Waals surface area contributed by atoms with Crippen LogP contribution in [0.25, 0.3) is 0 Å². The molecule has 1 aromatic carbocycles. The van der Waals surface area contributed by atoms with Crippen molar-refractivity contribution < 1.29 is 4.79 Å². The standard InChI is InChI=1S/C18H20N2OS/c21-18(14-10-9-12-5-1-2-6-13(12)14)19-11-17-20-15-7-3-4-8-16(15)22-17/h1-2,5-6,14H,3-4,7-11H2,(H,19,21)/t14-/m1/s1. The number of benzene rings is 1. The van der Waals surface area contributed by atoms with Gasteiger partial charge in [-0.3, -0.25) is 4.79 Å². The van der Waals surface area contributed by atoms with Gasteiger partial charge in [0.25, 0.3) is 0 Å². The number of hydrogen-bond acceptors (Lipinski definition) is 3. The first-order valence-corrected chi connectivity index (χ1v) is 8.96. The van der Waals surface area contributed by atoms with Crippen LogP contribution < -0.4 is 5.32 Å². The van der Waals surface area contributed by atoms with Gasteiger partial charge in [-0.05, 0) is 49.7 Å². The summed E-state index contributed by atoms with van der Waals surface area (Å²) in [6, 6.07) is 8.31. The highest BCUT2D eigenvalue weighted by molar-refractivity contribution is 7.11. The number of nitrogens with one attached hydrogen (secondary N) is 1. The summed E-state index contributed by atoms with van der Waals surface area (Å²) in [5.41, 5.74) is 3.80. The molecule has 114 valence electrons. The fourth-order valence-corrected chi connectivity index (χ4v) is 4.69. The Labute approximate surface area is 134 Å². The van der Waals surface area contributed by atoms with E-state index in [0.29, 0.717) is 6.54 Å². The first-order valence-electron chi connectivity index (χ1n) is 8.14. The topological polar surface area (TPSA) is 42.0 Å². The second-order valence-electron chi connectivity index (χ2n) is 6.19. The van der Waals surface area contributed by atoms with E-state index >= 15 is 0 Å². The Hall–Kier alpha value is -1.68. The molecule has 2 aromatic rings. The number of thiazole rings is 1. The third kappa shape index (κ3) is 2.56. The average molecular weight is 312 g/mol. The Kier molecular flexibility index (Phi) is 3.70. The second-order valence-corrected chi connectivity index (χ2v) is 7.36. The molecule has 1 atom stereocenters. The van der Waals surface area contributed by atoms with E-state index in [-0.39, 0.29) is 11.8 Å². The normalized spacial score (nSPS) is 19.5. The Bertz CT molecular complexity index is 683. The molecule has 1 N–H and O–H groups in total. The fourth-order valence-electron chi connectivity index (χ4n) is 3.60. The molecule has 4 rings (SSSR count). The molecular weight excluding hydrogens is 292 g/mol. The van der Waals surface area contributed by atoms with Crippen LogP contribution in [0.2, 0.25) is 0 Å². The van der Waals surface area contributed by atoms with E-state index in [1.807, 2.05) is 6.07 Å². The number of fused-ring (bicyclic) bond motifs is 2. The van der Waals surface area contributed by atoms with Gasteiger partial charge < -0.3 is 5.32 Å². The van der Waals surface area contributed by atoms with Gasteiger partial charge in [0.05, 0.1) is 18.2 Å². The van der Waals surface area contributed by atoms with Gasteiger partial charge in [0.2, 0.25) is 5.91 Å². The Morgan fingerprint density at radius 2 is 2.09 bits per heavy atom. The molecular formula is C18H20N2OS. The maximum Gasteiger partial charge on any atom is 0.227 e. The molecule has 1 heterocycles. The van der Waals surface area contributed by atoms with Gasteiger partial charge in [0, 0.05) is 4.88 Å². The third-order valence-corrected chi connectivity index (χ3v) is 5.91. The summed E-state index contributed by atoms with van der Waals surface area (Å²) in [4.78, 5) is 18.6. The summed E-state index contributed by atoms with van der Waals surface area (Å²) in [5.74, 6) is 0.170. The molecule has 0 spiro atoms. The third-order valence-electron chi connectivity index (χ3n) is 4.75. The van der Waals surface area contributed by atoms with Gasteiger partial charge in [0.1, 0.15) is 5.01 Å². The van der Waals surface area contributed by atoms with Crippen molar-refractivity contribution in [3.05, 3.63) is 51.0 Å². The minimum atomic E-state index is 0.0192. The lowest BCUT2D eigenvalue weighted by molar-refractivity contribution is -0.122. The molecule has 0 saturated carbocycles. The van der Waals surface area contributed by atoms with Crippen LogP contribution >= 0.6 is 11.3 Å². The number of hydrogen-bond donors (Lipinski definition) is 1. The molecule has 0 fully saturated rings. The summed E-state index contributed by atoms with van der Waals surface area (Å²) >= 11 is 1.78. The van der Waals surface area contributed by atoms with Crippen molar-refractivity contribution in [2.75, 3.05) is 0 Å². The summed E-state index contributed by atoms with van der Waals surface area (Å²) in [6.45, 7) is 0.579. The van der Waals surface area contributed by atoms with Crippen LogP contribution in [0.15, 0.2) is 24.3 Å². The van der Waals surface area contributed by atoms with E-state index in [0.717, 1.165) is 30.7 Å². The number of aromatic nitrogens is 1. The number of rotatable bonds is 3. The van der Waals surface area contributed by atoms with Crippen molar-refractivity contribution in [3.63, 3.8) is 0 Å². The molecule has 0 bridgehead atoms. The van der Waals surface area contributed by atoms with Crippen molar-refractivity contribution >= 4 is 17.2 Å². The summed E-state index contributed by atoms with van der Waals surface area (Å²) in [5, 5.41) is 4.16. The molecule has 2 aliphatic carbocycles. The molecule has 1 aromatic heterocycles. The van der Waals surface area contributed by atoms with E-state index < -0.39 is 0 Å². The quantitative estimate of drug-likeness (QED) is 0.944. The largest absolute Gasteiger partial charge is 0.349 e. The zero-order valence-electron chi connectivity index (χ0n) is 12.6. The first kappa shape index (κ1) is 13.9. The Morgan fingerprint density at radius 3 is 3.00 bits per heavy atom. The molecule has 3 nitrogen and oxygen atoms in total. The first-order chi connectivity index (χ1) is 10.8. The van der Waals surface area contributed by atoms with Crippen molar-refractivity contribution in [2.45, 2.75) is 51.0 Å². The minimum absolute atomic E-state index is 0.0192. The summed E-state index contributed by atoms with van der Waals surface area (Å²) < 4.78 is 0. The Morgan fingerprint density at radius 1 is 1.23 bits per heavy atom. The molecule has 2 aliphatic rings. The fraction of sp³-hybridized carbons (Fsp3) is 0.444. The predicted octanol–water partition coefficient (Wildman–Crippen LogP) is 3.37. The molecule has 1 amide bonds. The Balaban J connectivity index is 1.42. The maximum absolute atomic E-state index is 12.5. The monoisotopic (exact) mass is 312 g/mol. The van der Waals surface area contributed by atoms with Crippen molar-refractivity contribution in [1.82, 2.24) is 10.3 Å². The number of carbonyl (C=O) groups excluding carboxylic acids is 1. The van der Waals surface area contributed by atoms with Crippen LogP contribution in [0, 0.1) is 0 Å². The number of aryl methyl sites for hydroxylation is 3. The van der Waals surface area contributed by atoms with Crippen LogP contribution in [0.3, 0.4) is 0 Å². The van der Waals surface area contributed by atoms with E-state index in [1.54, 1.807) is 11.3 Å². The van der Waals surface area contributed by atoms with Crippen LogP contribution in [-0.2, 0) is 30.6 Å². The number of amides is 1. The predicted molar refractivity (Wildman–Crippen MR) is 88.1 cm³/mol. The maximum atomic E-state index is 12.5. The minimum Gasteiger partial charge on any atom is -0.349 e. The highest BCUT2D eigenvalue weighted by Gasteiger charge is 2.28. The highest BCUT2D eigenvalue weighted by atomic mass is 32.1. The van der Waals surface area contributed by atoms with Gasteiger partial charge in [-0.25, -0.2) is 4.98 Å². The van der Waals surface area contributed by atoms with E-state index in [9.17, 15) is 4.79 Å². The van der Waals surface area contributed by atoms with Gasteiger partial charge in [0.15, 0.2) is 0 Å². The smallest absolute Gasteiger partial charge is 0.227 e. The van der Waals surface area contributed by atoms with Crippen molar-refractivity contribution in [2.24, 2.45) is 0 Å². The SMILES string of the molecule is O=C(NCc1nc2c(s1)CCCC2)[C@@H]1CCc2ccccc21. The molecule has 0 radical (unpaired) electrons. The van der Waals surface area contributed by atoms with Crippen LogP contribution in [0.4, 0.5) is 0 Å². The molecule has 4 heteroatoms. The number of carbonyl (C=O) groups is 1. The lowest BCUT2D eigenvalue weighted by Gasteiger charge is -2.11. The van der Waals surface area contributed by atoms with Gasteiger partial charge in [-0.15, -0.1) is 11.3 Å². The van der Waals surface area contributed by atoms with Crippen molar-refractivity contribution in [1.29, 1.82) is 0 Å². The molecule has 22 heavy (non-hydrogen) atoms. The van der Waals surface area contributed by atoms with E-state index in [2.05, 4.69) is 23.5 Å². The van der Waals surface area contributed by atoms with Crippen molar-refractivity contribution in [3.8, 4) is 0 Å². The number of nitrogens with zero attached hydrogens (tertiary/aromatic N) is 1. The zero-order chi connectivity index (χ0) is 14.9.